The van der Waals surface area contributed by atoms with Gasteiger partial charge in [-0.25, -0.2) is 15.0 Å². The fourth-order valence-electron chi connectivity index (χ4n) is 10.7. The monoisotopic (exact) mass is 805 g/mol. The van der Waals surface area contributed by atoms with Gasteiger partial charge in [0, 0.05) is 49.2 Å². The lowest BCUT2D eigenvalue weighted by molar-refractivity contribution is 0.653. The zero-order valence-electron chi connectivity index (χ0n) is 34.4. The van der Waals surface area contributed by atoms with E-state index < -0.39 is 0 Å². The van der Waals surface area contributed by atoms with Crippen molar-refractivity contribution in [2.24, 2.45) is 0 Å². The van der Waals surface area contributed by atoms with Crippen LogP contribution in [0.5, 0.6) is 0 Å². The lowest BCUT2D eigenvalue weighted by atomic mass is 9.82. The highest BCUT2D eigenvalue weighted by molar-refractivity contribution is 6.25. The molecule has 13 aromatic rings. The van der Waals surface area contributed by atoms with Crippen LogP contribution in [0.1, 0.15) is 25.0 Å². The Hall–Kier alpha value is -8.15. The molecular formula is C58H35N3O2. The van der Waals surface area contributed by atoms with Gasteiger partial charge in [-0.2, -0.15) is 0 Å². The molecule has 3 heterocycles. The quantitative estimate of drug-likeness (QED) is 0.166. The number of aromatic nitrogens is 3. The lowest BCUT2D eigenvalue weighted by Crippen LogP contribution is -2.14. The highest BCUT2D eigenvalue weighted by Gasteiger charge is 2.37. The first kappa shape index (κ1) is 34.6. The summed E-state index contributed by atoms with van der Waals surface area (Å²) in [6, 6.07) is 62.5. The Morgan fingerprint density at radius 1 is 0.365 bits per heavy atom. The van der Waals surface area contributed by atoms with E-state index in [1.54, 1.807) is 0 Å². The van der Waals surface area contributed by atoms with Gasteiger partial charge in [-0.3, -0.25) is 0 Å². The van der Waals surface area contributed by atoms with Crippen LogP contribution in [0, 0.1) is 0 Å². The molecule has 10 aromatic carbocycles. The predicted molar refractivity (Wildman–Crippen MR) is 258 cm³/mol. The van der Waals surface area contributed by atoms with Gasteiger partial charge in [0.25, 0.3) is 0 Å². The summed E-state index contributed by atoms with van der Waals surface area (Å²) in [5.74, 6) is 1.76. The van der Waals surface area contributed by atoms with E-state index in [-0.39, 0.29) is 5.41 Å². The largest absolute Gasteiger partial charge is 0.456 e. The second-order valence-corrected chi connectivity index (χ2v) is 17.5. The van der Waals surface area contributed by atoms with Crippen molar-refractivity contribution < 1.29 is 8.83 Å². The molecule has 0 fully saturated rings. The topological polar surface area (TPSA) is 65.0 Å². The Bertz CT molecular complexity index is 4140. The standard InChI is InChI=1S/C58H35N3O2/c1-58(2)46-15-7-5-13-41(46)53-47(58)28-27-42-52-43(14-9-17-50(52)63-54(42)53)57-60-55(59-56(61-57)36-24-29-49-45(31-36)39-12-6-8-16-48(39)62-49)35-21-19-33-18-20-34-23-25-38-37-11-4-3-10-32(37)22-26-40(38)51(34)44(33)30-35/h3-31H,1-2H3. The third-order valence-electron chi connectivity index (χ3n) is 13.7. The van der Waals surface area contributed by atoms with E-state index in [1.807, 2.05) is 36.4 Å². The van der Waals surface area contributed by atoms with Gasteiger partial charge in [0.1, 0.15) is 22.3 Å². The zero-order valence-corrected chi connectivity index (χ0v) is 34.4. The third kappa shape index (κ3) is 4.85. The summed E-state index contributed by atoms with van der Waals surface area (Å²) in [6.07, 6.45) is 0. The van der Waals surface area contributed by atoms with Gasteiger partial charge < -0.3 is 8.83 Å². The van der Waals surface area contributed by atoms with Crippen molar-refractivity contribution in [1.29, 1.82) is 0 Å². The number of rotatable bonds is 3. The maximum Gasteiger partial charge on any atom is 0.164 e. The summed E-state index contributed by atoms with van der Waals surface area (Å²) in [5, 5.41) is 13.8. The summed E-state index contributed by atoms with van der Waals surface area (Å²) in [6.45, 7) is 4.60. The van der Waals surface area contributed by atoms with Gasteiger partial charge in [-0.1, -0.05) is 153 Å². The SMILES string of the molecule is CC1(C)c2ccccc2-c2c1ccc1c2oc2cccc(-c3nc(-c4ccc5oc6ccccc6c5c4)nc(-c4ccc5ccc6ccc7c8ccccc8ccc7c6c5c4)n3)c21. The average Bonchev–Trinajstić information content (AvgIpc) is 3.98. The molecule has 0 radical (unpaired) electrons. The Kier molecular flexibility index (Phi) is 6.84. The fourth-order valence-corrected chi connectivity index (χ4v) is 10.7. The maximum atomic E-state index is 6.89. The number of nitrogens with zero attached hydrogens (tertiary/aromatic N) is 3. The van der Waals surface area contributed by atoms with Gasteiger partial charge in [0.2, 0.25) is 0 Å². The highest BCUT2D eigenvalue weighted by atomic mass is 16.3. The Morgan fingerprint density at radius 2 is 0.984 bits per heavy atom. The smallest absolute Gasteiger partial charge is 0.164 e. The second kappa shape index (κ2) is 12.5. The molecule has 0 saturated carbocycles. The van der Waals surface area contributed by atoms with Gasteiger partial charge in [-0.15, -0.1) is 0 Å². The van der Waals surface area contributed by atoms with Crippen LogP contribution in [-0.2, 0) is 5.41 Å². The van der Waals surface area contributed by atoms with Crippen LogP contribution in [0.3, 0.4) is 0 Å². The second-order valence-electron chi connectivity index (χ2n) is 17.5. The number of furan rings is 2. The minimum absolute atomic E-state index is 0.146. The lowest BCUT2D eigenvalue weighted by Gasteiger charge is -2.21. The summed E-state index contributed by atoms with van der Waals surface area (Å²) in [7, 11) is 0. The molecule has 0 bridgehead atoms. The number of para-hydroxylation sites is 1. The van der Waals surface area contributed by atoms with Crippen molar-refractivity contribution >= 4 is 87.0 Å². The Labute approximate surface area is 360 Å². The van der Waals surface area contributed by atoms with Crippen molar-refractivity contribution in [3.63, 3.8) is 0 Å². The van der Waals surface area contributed by atoms with Crippen LogP contribution >= 0.6 is 0 Å². The van der Waals surface area contributed by atoms with E-state index >= 15 is 0 Å². The molecule has 14 rings (SSSR count). The first-order chi connectivity index (χ1) is 31.0. The molecule has 0 atom stereocenters. The normalized spacial score (nSPS) is 13.4. The highest BCUT2D eigenvalue weighted by Crippen LogP contribution is 2.53. The Balaban J connectivity index is 1.03. The molecule has 0 saturated heterocycles. The van der Waals surface area contributed by atoms with Gasteiger partial charge in [0.05, 0.1) is 0 Å². The van der Waals surface area contributed by atoms with Crippen LogP contribution in [0.25, 0.3) is 132 Å². The predicted octanol–water partition coefficient (Wildman–Crippen LogP) is 15.6. The molecule has 63 heavy (non-hydrogen) atoms. The third-order valence-corrected chi connectivity index (χ3v) is 13.7. The van der Waals surface area contributed by atoms with E-state index in [0.717, 1.165) is 76.9 Å². The molecule has 1 aliphatic carbocycles. The van der Waals surface area contributed by atoms with Crippen LogP contribution in [0.15, 0.2) is 185 Å². The molecule has 5 nitrogen and oxygen atoms in total. The molecule has 0 N–H and O–H groups in total. The number of hydrogen-bond acceptors (Lipinski definition) is 5. The fraction of sp³-hybridized carbons (Fsp3) is 0.0517. The van der Waals surface area contributed by atoms with E-state index in [1.165, 1.54) is 49.0 Å². The van der Waals surface area contributed by atoms with E-state index in [4.69, 9.17) is 23.8 Å². The summed E-state index contributed by atoms with van der Waals surface area (Å²) in [5.41, 5.74) is 10.9. The van der Waals surface area contributed by atoms with Crippen LogP contribution in [0.2, 0.25) is 0 Å². The van der Waals surface area contributed by atoms with Crippen LogP contribution in [-0.4, -0.2) is 15.0 Å². The molecule has 0 unspecified atom stereocenters. The molecular weight excluding hydrogens is 771 g/mol. The van der Waals surface area contributed by atoms with Crippen LogP contribution < -0.4 is 0 Å². The zero-order chi connectivity index (χ0) is 41.6. The van der Waals surface area contributed by atoms with Crippen LogP contribution in [0.4, 0.5) is 0 Å². The van der Waals surface area contributed by atoms with E-state index in [2.05, 4.69) is 153 Å². The van der Waals surface area contributed by atoms with Crippen molar-refractivity contribution in [1.82, 2.24) is 15.0 Å². The maximum absolute atomic E-state index is 6.89. The molecule has 0 aliphatic heterocycles. The van der Waals surface area contributed by atoms with E-state index in [0.29, 0.717) is 17.5 Å². The molecule has 1 aliphatic rings. The molecule has 0 spiro atoms. The summed E-state index contributed by atoms with van der Waals surface area (Å²) < 4.78 is 13.1. The number of benzene rings is 10. The Morgan fingerprint density at radius 3 is 1.89 bits per heavy atom. The average molecular weight is 806 g/mol. The van der Waals surface area contributed by atoms with Gasteiger partial charge >= 0.3 is 0 Å². The van der Waals surface area contributed by atoms with Crippen molar-refractivity contribution in [3.05, 3.63) is 187 Å². The van der Waals surface area contributed by atoms with E-state index in [9.17, 15) is 0 Å². The van der Waals surface area contributed by atoms with Gasteiger partial charge in [-0.05, 0) is 96.2 Å². The summed E-state index contributed by atoms with van der Waals surface area (Å²) >= 11 is 0. The number of hydrogen-bond donors (Lipinski definition) is 0. The molecule has 5 heteroatoms. The number of fused-ring (bicyclic) bond motifs is 17. The minimum Gasteiger partial charge on any atom is -0.456 e. The van der Waals surface area contributed by atoms with Crippen molar-refractivity contribution in [2.45, 2.75) is 19.3 Å². The first-order valence-electron chi connectivity index (χ1n) is 21.5. The molecule has 294 valence electrons. The van der Waals surface area contributed by atoms with Crippen molar-refractivity contribution in [2.75, 3.05) is 0 Å². The summed E-state index contributed by atoms with van der Waals surface area (Å²) in [4.78, 5) is 16.0. The van der Waals surface area contributed by atoms with Crippen molar-refractivity contribution in [3.8, 4) is 45.3 Å². The molecule has 0 amide bonds. The first-order valence-corrected chi connectivity index (χ1v) is 21.5. The van der Waals surface area contributed by atoms with Gasteiger partial charge in [0.15, 0.2) is 17.5 Å². The molecule has 3 aromatic heterocycles. The minimum atomic E-state index is -0.146.